The molecule has 1 amide bonds. The number of hydroxylamine groups is 1. The Hall–Kier alpha value is -1.79. The first kappa shape index (κ1) is 11.3. The molecule has 0 aliphatic rings. The Balaban J connectivity index is 2.73. The molecule has 15 heavy (non-hydrogen) atoms. The molecule has 0 heterocycles. The van der Waals surface area contributed by atoms with Gasteiger partial charge in [-0.2, -0.15) is 0 Å². The van der Waals surface area contributed by atoms with Crippen LogP contribution < -0.4 is 11.2 Å². The molecule has 0 spiro atoms. The standard InChI is InChI=1S/C9H12N2O4/c10-6(9(14)11-15)3-5-1-2-7(12)8(13)4-5/h1-2,4,6,12-13,15H,3,10H2,(H,11,14). The number of nitrogens with two attached hydrogens (primary N) is 1. The van der Waals surface area contributed by atoms with Crippen LogP contribution in [0.4, 0.5) is 0 Å². The van der Waals surface area contributed by atoms with E-state index < -0.39 is 11.9 Å². The number of carbonyl (C=O) groups is 1. The maximum Gasteiger partial charge on any atom is 0.260 e. The van der Waals surface area contributed by atoms with Crippen molar-refractivity contribution in [1.29, 1.82) is 0 Å². The molecule has 1 rings (SSSR count). The van der Waals surface area contributed by atoms with Gasteiger partial charge in [-0.1, -0.05) is 6.07 Å². The van der Waals surface area contributed by atoms with Gasteiger partial charge in [0.1, 0.15) is 0 Å². The highest BCUT2D eigenvalue weighted by atomic mass is 16.5. The molecule has 0 aliphatic carbocycles. The second kappa shape index (κ2) is 4.63. The molecule has 0 aromatic heterocycles. The van der Waals surface area contributed by atoms with Crippen LogP contribution in [0.2, 0.25) is 0 Å². The van der Waals surface area contributed by atoms with E-state index in [1.54, 1.807) is 0 Å². The molecule has 82 valence electrons. The topological polar surface area (TPSA) is 116 Å². The molecule has 6 N–H and O–H groups in total. The minimum absolute atomic E-state index is 0.153. The van der Waals surface area contributed by atoms with Crippen LogP contribution in [0.25, 0.3) is 0 Å². The first-order valence-corrected chi connectivity index (χ1v) is 4.25. The van der Waals surface area contributed by atoms with Crippen LogP contribution in [-0.4, -0.2) is 27.4 Å². The summed E-state index contributed by atoms with van der Waals surface area (Å²) >= 11 is 0. The van der Waals surface area contributed by atoms with Crippen molar-refractivity contribution in [2.24, 2.45) is 5.73 Å². The van der Waals surface area contributed by atoms with Gasteiger partial charge < -0.3 is 15.9 Å². The van der Waals surface area contributed by atoms with Crippen molar-refractivity contribution in [3.8, 4) is 11.5 Å². The van der Waals surface area contributed by atoms with Crippen LogP contribution in [0.5, 0.6) is 11.5 Å². The average Bonchev–Trinajstić information content (AvgIpc) is 2.22. The normalized spacial score (nSPS) is 12.1. The molecule has 0 fully saturated rings. The van der Waals surface area contributed by atoms with Crippen molar-refractivity contribution < 1.29 is 20.2 Å². The Kier molecular flexibility index (Phi) is 3.48. The van der Waals surface area contributed by atoms with E-state index in [2.05, 4.69) is 0 Å². The molecule has 1 aromatic rings. The lowest BCUT2D eigenvalue weighted by Gasteiger charge is -2.09. The van der Waals surface area contributed by atoms with Crippen molar-refractivity contribution in [2.45, 2.75) is 12.5 Å². The predicted octanol–water partition coefficient (Wildman–Crippen LogP) is -0.527. The van der Waals surface area contributed by atoms with Crippen molar-refractivity contribution in [3.05, 3.63) is 23.8 Å². The van der Waals surface area contributed by atoms with Gasteiger partial charge in [0.2, 0.25) is 0 Å². The summed E-state index contributed by atoms with van der Waals surface area (Å²) in [4.78, 5) is 10.9. The van der Waals surface area contributed by atoms with Crippen LogP contribution in [0.1, 0.15) is 5.56 Å². The summed E-state index contributed by atoms with van der Waals surface area (Å²) in [5, 5.41) is 26.5. The third-order valence-electron chi connectivity index (χ3n) is 1.94. The minimum atomic E-state index is -0.904. The summed E-state index contributed by atoms with van der Waals surface area (Å²) in [5.41, 5.74) is 7.45. The van der Waals surface area contributed by atoms with Gasteiger partial charge >= 0.3 is 0 Å². The molecule has 0 radical (unpaired) electrons. The Morgan fingerprint density at radius 1 is 1.40 bits per heavy atom. The number of nitrogens with one attached hydrogen (secondary N) is 1. The number of carbonyl (C=O) groups excluding carboxylic acids is 1. The average molecular weight is 212 g/mol. The number of hydrogen-bond acceptors (Lipinski definition) is 5. The smallest absolute Gasteiger partial charge is 0.260 e. The van der Waals surface area contributed by atoms with E-state index in [0.717, 1.165) is 0 Å². The highest BCUT2D eigenvalue weighted by molar-refractivity contribution is 5.80. The molecule has 0 saturated heterocycles. The number of benzene rings is 1. The van der Waals surface area contributed by atoms with Gasteiger partial charge in [0.15, 0.2) is 11.5 Å². The summed E-state index contributed by atoms with van der Waals surface area (Å²) in [7, 11) is 0. The summed E-state index contributed by atoms with van der Waals surface area (Å²) < 4.78 is 0. The second-order valence-electron chi connectivity index (χ2n) is 3.11. The zero-order chi connectivity index (χ0) is 11.4. The molecule has 0 bridgehead atoms. The fraction of sp³-hybridized carbons (Fsp3) is 0.222. The van der Waals surface area contributed by atoms with Gasteiger partial charge in [-0.05, 0) is 24.1 Å². The third-order valence-corrected chi connectivity index (χ3v) is 1.94. The predicted molar refractivity (Wildman–Crippen MR) is 51.4 cm³/mol. The van der Waals surface area contributed by atoms with Crippen LogP contribution >= 0.6 is 0 Å². The molecule has 1 atom stereocenters. The van der Waals surface area contributed by atoms with E-state index >= 15 is 0 Å². The number of rotatable bonds is 3. The van der Waals surface area contributed by atoms with Gasteiger partial charge in [0.05, 0.1) is 6.04 Å². The maximum atomic E-state index is 10.9. The largest absolute Gasteiger partial charge is 0.504 e. The summed E-state index contributed by atoms with van der Waals surface area (Å²) in [5.74, 6) is -1.22. The zero-order valence-corrected chi connectivity index (χ0v) is 7.84. The van der Waals surface area contributed by atoms with Crippen LogP contribution in [0.3, 0.4) is 0 Å². The number of aromatic hydroxyl groups is 2. The Labute approximate surface area is 85.9 Å². The molecular formula is C9H12N2O4. The SMILES string of the molecule is NC(Cc1ccc(O)c(O)c1)C(=O)NO. The molecule has 0 saturated carbocycles. The van der Waals surface area contributed by atoms with Gasteiger partial charge in [-0.15, -0.1) is 0 Å². The lowest BCUT2D eigenvalue weighted by Crippen LogP contribution is -2.40. The van der Waals surface area contributed by atoms with Crippen LogP contribution in [0, 0.1) is 0 Å². The fourth-order valence-corrected chi connectivity index (χ4v) is 1.13. The van der Waals surface area contributed by atoms with E-state index in [1.807, 2.05) is 0 Å². The molecular weight excluding hydrogens is 200 g/mol. The Morgan fingerprint density at radius 3 is 2.60 bits per heavy atom. The molecule has 0 aliphatic heterocycles. The highest BCUT2D eigenvalue weighted by Gasteiger charge is 2.13. The minimum Gasteiger partial charge on any atom is -0.504 e. The van der Waals surface area contributed by atoms with Crippen LogP contribution in [0.15, 0.2) is 18.2 Å². The van der Waals surface area contributed by atoms with Crippen molar-refractivity contribution in [1.82, 2.24) is 5.48 Å². The number of phenols is 2. The molecule has 6 heteroatoms. The van der Waals surface area contributed by atoms with Gasteiger partial charge in [0.25, 0.3) is 5.91 Å². The molecule has 6 nitrogen and oxygen atoms in total. The third kappa shape index (κ3) is 2.83. The number of hydrogen-bond donors (Lipinski definition) is 5. The van der Waals surface area contributed by atoms with Crippen molar-refractivity contribution >= 4 is 5.91 Å². The summed E-state index contributed by atoms with van der Waals surface area (Å²) in [6.07, 6.45) is 0.153. The van der Waals surface area contributed by atoms with E-state index in [4.69, 9.17) is 21.2 Å². The summed E-state index contributed by atoms with van der Waals surface area (Å²) in [6, 6.07) is 3.23. The highest BCUT2D eigenvalue weighted by Crippen LogP contribution is 2.25. The lowest BCUT2D eigenvalue weighted by atomic mass is 10.1. The Morgan fingerprint density at radius 2 is 2.07 bits per heavy atom. The quantitative estimate of drug-likeness (QED) is 0.262. The van der Waals surface area contributed by atoms with Crippen molar-refractivity contribution in [2.75, 3.05) is 0 Å². The maximum absolute atomic E-state index is 10.9. The van der Waals surface area contributed by atoms with Crippen molar-refractivity contribution in [3.63, 3.8) is 0 Å². The van der Waals surface area contributed by atoms with Gasteiger partial charge in [-0.25, -0.2) is 5.48 Å². The van der Waals surface area contributed by atoms with Crippen LogP contribution in [-0.2, 0) is 11.2 Å². The number of phenolic OH excluding ortho intramolecular Hbond substituents is 2. The summed E-state index contributed by atoms with van der Waals surface area (Å²) in [6.45, 7) is 0. The first-order valence-electron chi connectivity index (χ1n) is 4.25. The van der Waals surface area contributed by atoms with Gasteiger partial charge in [0, 0.05) is 0 Å². The monoisotopic (exact) mass is 212 g/mol. The van der Waals surface area contributed by atoms with E-state index in [-0.39, 0.29) is 17.9 Å². The zero-order valence-electron chi connectivity index (χ0n) is 7.84. The number of amides is 1. The van der Waals surface area contributed by atoms with E-state index in [9.17, 15) is 4.79 Å². The van der Waals surface area contributed by atoms with E-state index in [1.165, 1.54) is 23.7 Å². The lowest BCUT2D eigenvalue weighted by molar-refractivity contribution is -0.130. The second-order valence-corrected chi connectivity index (χ2v) is 3.11. The molecule has 1 unspecified atom stereocenters. The fourth-order valence-electron chi connectivity index (χ4n) is 1.13. The Bertz CT molecular complexity index is 367. The van der Waals surface area contributed by atoms with E-state index in [0.29, 0.717) is 5.56 Å². The molecule has 1 aromatic carbocycles. The first-order chi connectivity index (χ1) is 7.04. The van der Waals surface area contributed by atoms with Gasteiger partial charge in [-0.3, -0.25) is 10.0 Å².